The van der Waals surface area contributed by atoms with Gasteiger partial charge < -0.3 is 10.1 Å². The number of fused-ring (bicyclic) bond motifs is 2. The summed E-state index contributed by atoms with van der Waals surface area (Å²) in [6.07, 6.45) is 2.17. The Morgan fingerprint density at radius 1 is 1.03 bits per heavy atom. The van der Waals surface area contributed by atoms with Gasteiger partial charge in [-0.25, -0.2) is 13.8 Å². The molecule has 10 heteroatoms. The predicted octanol–water partition coefficient (Wildman–Crippen LogP) is 4.40. The Hall–Kier alpha value is -2.55. The van der Waals surface area contributed by atoms with Crippen LogP contribution in [0.1, 0.15) is 12.8 Å². The van der Waals surface area contributed by atoms with Gasteiger partial charge in [-0.15, -0.1) is 35.0 Å². The zero-order valence-corrected chi connectivity index (χ0v) is 18.1. The lowest BCUT2D eigenvalue weighted by atomic mass is 9.95. The van der Waals surface area contributed by atoms with E-state index in [4.69, 9.17) is 4.74 Å². The molecule has 0 bridgehead atoms. The first kappa shape index (κ1) is 23.1. The van der Waals surface area contributed by atoms with Gasteiger partial charge in [-0.1, -0.05) is 18.2 Å². The number of ether oxygens (including phenoxy) is 1. The quantitative estimate of drug-likeness (QED) is 0.481. The van der Waals surface area contributed by atoms with Gasteiger partial charge >= 0.3 is 0 Å². The van der Waals surface area contributed by atoms with E-state index in [2.05, 4.69) is 20.5 Å². The molecule has 31 heavy (non-hydrogen) atoms. The van der Waals surface area contributed by atoms with Crippen LogP contribution >= 0.6 is 24.8 Å². The molecule has 0 amide bonds. The van der Waals surface area contributed by atoms with Gasteiger partial charge in [-0.2, -0.15) is 0 Å². The third-order valence-electron chi connectivity index (χ3n) is 5.26. The van der Waals surface area contributed by atoms with E-state index < -0.39 is 11.5 Å². The van der Waals surface area contributed by atoms with Crippen molar-refractivity contribution in [2.24, 2.45) is 0 Å². The lowest BCUT2D eigenvalue weighted by Gasteiger charge is -2.29. The molecule has 0 spiro atoms. The summed E-state index contributed by atoms with van der Waals surface area (Å²) in [5.41, 5.74) is 0.323. The Morgan fingerprint density at radius 3 is 2.65 bits per heavy atom. The highest BCUT2D eigenvalue weighted by Crippen LogP contribution is 2.30. The number of piperidine rings is 1. The first-order chi connectivity index (χ1) is 14.1. The summed E-state index contributed by atoms with van der Waals surface area (Å²) in [6, 6.07) is 12.1. The fourth-order valence-electron chi connectivity index (χ4n) is 3.63. The number of benzene rings is 1. The molecule has 1 aliphatic rings. The van der Waals surface area contributed by atoms with Gasteiger partial charge in [0, 0.05) is 11.6 Å². The summed E-state index contributed by atoms with van der Waals surface area (Å²) < 4.78 is 36.0. The average Bonchev–Trinajstić information content (AvgIpc) is 3.15. The van der Waals surface area contributed by atoms with Gasteiger partial charge in [0.05, 0.1) is 0 Å². The highest BCUT2D eigenvalue weighted by molar-refractivity contribution is 5.86. The van der Waals surface area contributed by atoms with E-state index in [-0.39, 0.29) is 31.4 Å². The second-order valence-electron chi connectivity index (χ2n) is 7.31. The van der Waals surface area contributed by atoms with Crippen LogP contribution in [0.15, 0.2) is 48.7 Å². The monoisotopic (exact) mass is 467 g/mol. The van der Waals surface area contributed by atoms with E-state index in [1.807, 2.05) is 18.2 Å². The van der Waals surface area contributed by atoms with Gasteiger partial charge in [0.15, 0.2) is 11.5 Å². The van der Waals surface area contributed by atoms with Gasteiger partial charge in [-0.05, 0) is 50.2 Å². The Bertz CT molecular complexity index is 1200. The molecule has 0 atom stereocenters. The molecule has 0 saturated carbocycles. The van der Waals surface area contributed by atoms with Crippen molar-refractivity contribution in [2.45, 2.75) is 18.5 Å². The van der Waals surface area contributed by atoms with Crippen molar-refractivity contribution >= 4 is 41.4 Å². The standard InChI is InChI=1S/C21H19F2N5O.2ClH/c22-15-5-7-18-26-27-20(28(18)12-15)16-6-4-14-2-1-3-17(19(14)25-16)29-13-21(23)8-10-24-11-9-21;;/h1-7,12,24H,8-11,13H2;2*1H. The maximum Gasteiger partial charge on any atom is 0.187 e. The number of nitrogens with zero attached hydrogens (tertiary/aromatic N) is 4. The van der Waals surface area contributed by atoms with Crippen LogP contribution in [0.3, 0.4) is 0 Å². The summed E-state index contributed by atoms with van der Waals surface area (Å²) >= 11 is 0. The first-order valence-electron chi connectivity index (χ1n) is 9.54. The third-order valence-corrected chi connectivity index (χ3v) is 5.26. The van der Waals surface area contributed by atoms with Gasteiger partial charge in [0.25, 0.3) is 0 Å². The van der Waals surface area contributed by atoms with E-state index in [1.54, 1.807) is 22.6 Å². The normalized spacial score (nSPS) is 15.3. The van der Waals surface area contributed by atoms with Crippen molar-refractivity contribution in [2.75, 3.05) is 19.7 Å². The predicted molar refractivity (Wildman–Crippen MR) is 120 cm³/mol. The summed E-state index contributed by atoms with van der Waals surface area (Å²) in [5, 5.41) is 12.2. The van der Waals surface area contributed by atoms with Crippen LogP contribution in [0.25, 0.3) is 28.1 Å². The number of para-hydroxylation sites is 1. The zero-order valence-electron chi connectivity index (χ0n) is 16.4. The van der Waals surface area contributed by atoms with E-state index in [0.717, 1.165) is 5.39 Å². The number of aromatic nitrogens is 4. The third kappa shape index (κ3) is 4.56. The van der Waals surface area contributed by atoms with Crippen LogP contribution < -0.4 is 10.1 Å². The van der Waals surface area contributed by atoms with Crippen LogP contribution in [-0.4, -0.2) is 44.9 Å². The van der Waals surface area contributed by atoms with Crippen molar-refractivity contribution in [1.29, 1.82) is 0 Å². The topological polar surface area (TPSA) is 64.3 Å². The van der Waals surface area contributed by atoms with Crippen LogP contribution in [0.5, 0.6) is 5.75 Å². The number of nitrogens with one attached hydrogen (secondary N) is 1. The summed E-state index contributed by atoms with van der Waals surface area (Å²) in [4.78, 5) is 4.68. The average molecular weight is 468 g/mol. The number of pyridine rings is 2. The van der Waals surface area contributed by atoms with Gasteiger partial charge in [0.2, 0.25) is 0 Å². The highest BCUT2D eigenvalue weighted by atomic mass is 35.5. The maximum absolute atomic E-state index is 14.9. The number of halogens is 4. The second-order valence-corrected chi connectivity index (χ2v) is 7.31. The molecule has 4 heterocycles. The molecular formula is C21H21Cl2F2N5O. The van der Waals surface area contributed by atoms with Crippen molar-refractivity contribution in [3.63, 3.8) is 0 Å². The minimum atomic E-state index is -1.34. The molecule has 0 radical (unpaired) electrons. The van der Waals surface area contributed by atoms with Gasteiger partial charge in [0.1, 0.15) is 35.1 Å². The summed E-state index contributed by atoms with van der Waals surface area (Å²) in [7, 11) is 0. The second kappa shape index (κ2) is 9.30. The molecule has 1 N–H and O–H groups in total. The molecule has 1 aliphatic heterocycles. The Morgan fingerprint density at radius 2 is 1.84 bits per heavy atom. The largest absolute Gasteiger partial charge is 0.488 e. The number of rotatable bonds is 4. The minimum absolute atomic E-state index is 0. The Kier molecular flexibility index (Phi) is 6.93. The first-order valence-corrected chi connectivity index (χ1v) is 9.54. The molecule has 4 aromatic rings. The zero-order chi connectivity index (χ0) is 19.8. The summed E-state index contributed by atoms with van der Waals surface area (Å²) in [6.45, 7) is 1.28. The lowest BCUT2D eigenvalue weighted by Crippen LogP contribution is -2.42. The Labute approximate surface area is 189 Å². The molecule has 164 valence electrons. The fourth-order valence-corrected chi connectivity index (χ4v) is 3.63. The van der Waals surface area contributed by atoms with Gasteiger partial charge in [-0.3, -0.25) is 4.40 Å². The highest BCUT2D eigenvalue weighted by Gasteiger charge is 2.32. The molecule has 1 fully saturated rings. The van der Waals surface area contributed by atoms with Crippen LogP contribution in [0.4, 0.5) is 8.78 Å². The molecule has 1 saturated heterocycles. The lowest BCUT2D eigenvalue weighted by molar-refractivity contribution is 0.0545. The van der Waals surface area contributed by atoms with Crippen molar-refractivity contribution < 1.29 is 13.5 Å². The summed E-state index contributed by atoms with van der Waals surface area (Å²) in [5.74, 6) is 0.551. The SMILES string of the molecule is Cl.Cl.Fc1ccc2nnc(-c3ccc4cccc(OCC5(F)CCNCC5)c4n3)n2c1. The molecule has 1 aromatic carbocycles. The number of hydrogen-bond donors (Lipinski definition) is 1. The molecule has 5 rings (SSSR count). The van der Waals surface area contributed by atoms with Crippen molar-refractivity contribution in [1.82, 2.24) is 24.9 Å². The van der Waals surface area contributed by atoms with Crippen LogP contribution in [0, 0.1) is 5.82 Å². The van der Waals surface area contributed by atoms with E-state index in [9.17, 15) is 8.78 Å². The molecule has 0 aliphatic carbocycles. The van der Waals surface area contributed by atoms with Crippen LogP contribution in [-0.2, 0) is 0 Å². The fraction of sp³-hybridized carbons (Fsp3) is 0.286. The van der Waals surface area contributed by atoms with Crippen molar-refractivity contribution in [3.05, 3.63) is 54.5 Å². The minimum Gasteiger partial charge on any atom is -0.488 e. The molecular weight excluding hydrogens is 447 g/mol. The maximum atomic E-state index is 14.9. The van der Waals surface area contributed by atoms with Crippen molar-refractivity contribution in [3.8, 4) is 17.3 Å². The molecule has 3 aromatic heterocycles. The number of hydrogen-bond acceptors (Lipinski definition) is 5. The van der Waals surface area contributed by atoms with E-state index in [1.165, 1.54) is 12.3 Å². The van der Waals surface area contributed by atoms with E-state index in [0.29, 0.717) is 54.4 Å². The van der Waals surface area contributed by atoms with Crippen LogP contribution in [0.2, 0.25) is 0 Å². The number of alkyl halides is 1. The smallest absolute Gasteiger partial charge is 0.187 e. The molecule has 0 unspecified atom stereocenters. The molecule has 6 nitrogen and oxygen atoms in total. The Balaban J connectivity index is 0.00000136. The van der Waals surface area contributed by atoms with E-state index >= 15 is 0 Å².